The van der Waals surface area contributed by atoms with Crippen molar-refractivity contribution in [3.8, 4) is 5.75 Å². The van der Waals surface area contributed by atoms with Crippen molar-refractivity contribution < 1.29 is 15.0 Å². The second-order valence-corrected chi connectivity index (χ2v) is 5.85. The Morgan fingerprint density at radius 2 is 1.89 bits per heavy atom. The Kier molecular flexibility index (Phi) is 5.01. The van der Waals surface area contributed by atoms with Gasteiger partial charge in [-0.1, -0.05) is 0 Å². The van der Waals surface area contributed by atoms with E-state index in [0.717, 1.165) is 0 Å². The third-order valence-electron chi connectivity index (χ3n) is 2.28. The summed E-state index contributed by atoms with van der Waals surface area (Å²) in [4.78, 5) is 12.2. The van der Waals surface area contributed by atoms with Crippen molar-refractivity contribution in [1.29, 1.82) is 5.41 Å². The first-order valence-electron chi connectivity index (χ1n) is 4.79. The highest BCUT2D eigenvalue weighted by molar-refractivity contribution is 14.1. The van der Waals surface area contributed by atoms with E-state index >= 15 is 0 Å². The summed E-state index contributed by atoms with van der Waals surface area (Å²) in [6.07, 6.45) is 0. The van der Waals surface area contributed by atoms with Gasteiger partial charge in [0, 0.05) is 5.69 Å². The fourth-order valence-corrected chi connectivity index (χ4v) is 3.11. The highest BCUT2D eigenvalue weighted by Crippen LogP contribution is 2.31. The van der Waals surface area contributed by atoms with E-state index in [4.69, 9.17) is 16.2 Å². The first-order chi connectivity index (χ1) is 8.25. The van der Waals surface area contributed by atoms with Crippen molar-refractivity contribution in [3.05, 3.63) is 19.3 Å². The molecule has 0 amide bonds. The average molecular weight is 475 g/mol. The van der Waals surface area contributed by atoms with Gasteiger partial charge in [0.1, 0.15) is 11.8 Å². The number of carboxylic acids is 1. The number of aliphatic carboxylic acids is 1. The summed E-state index contributed by atoms with van der Waals surface area (Å²) in [5.74, 6) is -1.31. The van der Waals surface area contributed by atoms with Gasteiger partial charge in [0.15, 0.2) is 5.96 Å². The summed E-state index contributed by atoms with van der Waals surface area (Å²) in [7, 11) is 0. The SMILES string of the molecule is CC(C(=O)O)N(C(=N)N)c1cc(I)c(O)c(I)c1. The topological polar surface area (TPSA) is 111 Å². The minimum absolute atomic E-state index is 0.131. The van der Waals surface area contributed by atoms with E-state index in [-0.39, 0.29) is 11.7 Å². The normalized spacial score (nSPS) is 11.9. The van der Waals surface area contributed by atoms with Crippen LogP contribution in [0.2, 0.25) is 0 Å². The molecule has 0 saturated heterocycles. The maximum atomic E-state index is 11.0. The summed E-state index contributed by atoms with van der Waals surface area (Å²) in [5, 5.41) is 26.2. The molecule has 1 unspecified atom stereocenters. The molecule has 18 heavy (non-hydrogen) atoms. The van der Waals surface area contributed by atoms with Crippen LogP contribution in [0, 0.1) is 12.5 Å². The van der Waals surface area contributed by atoms with Gasteiger partial charge in [-0.05, 0) is 64.2 Å². The van der Waals surface area contributed by atoms with Gasteiger partial charge in [0.2, 0.25) is 0 Å². The van der Waals surface area contributed by atoms with Crippen molar-refractivity contribution >= 4 is 62.8 Å². The number of hydrogen-bond donors (Lipinski definition) is 4. The number of halogens is 2. The molecule has 8 heteroatoms. The lowest BCUT2D eigenvalue weighted by molar-refractivity contribution is -0.137. The zero-order valence-electron chi connectivity index (χ0n) is 9.32. The number of nitrogens with zero attached hydrogens (tertiary/aromatic N) is 1. The summed E-state index contributed by atoms with van der Waals surface area (Å²) >= 11 is 3.87. The van der Waals surface area contributed by atoms with E-state index in [2.05, 4.69) is 0 Å². The molecule has 1 atom stereocenters. The summed E-state index contributed by atoms with van der Waals surface area (Å²) in [6.45, 7) is 1.44. The van der Waals surface area contributed by atoms with Gasteiger partial charge in [-0.2, -0.15) is 0 Å². The maximum absolute atomic E-state index is 11.0. The van der Waals surface area contributed by atoms with Crippen LogP contribution in [0.5, 0.6) is 5.75 Å². The van der Waals surface area contributed by atoms with Gasteiger partial charge >= 0.3 is 5.97 Å². The number of guanidine groups is 1. The van der Waals surface area contributed by atoms with Gasteiger partial charge in [-0.25, -0.2) is 4.79 Å². The Morgan fingerprint density at radius 1 is 1.44 bits per heavy atom. The largest absolute Gasteiger partial charge is 0.506 e. The zero-order valence-corrected chi connectivity index (χ0v) is 13.6. The number of aromatic hydroxyl groups is 1. The quantitative estimate of drug-likeness (QED) is 0.303. The number of hydrogen-bond acceptors (Lipinski definition) is 3. The van der Waals surface area contributed by atoms with E-state index < -0.39 is 12.0 Å². The van der Waals surface area contributed by atoms with Crippen LogP contribution >= 0.6 is 45.2 Å². The van der Waals surface area contributed by atoms with Crippen LogP contribution in [0.3, 0.4) is 0 Å². The lowest BCUT2D eigenvalue weighted by Crippen LogP contribution is -2.46. The molecule has 5 N–H and O–H groups in total. The third kappa shape index (κ3) is 3.16. The second-order valence-electron chi connectivity index (χ2n) is 3.53. The first-order valence-corrected chi connectivity index (χ1v) is 6.95. The minimum Gasteiger partial charge on any atom is -0.506 e. The number of carboxylic acid groups (broad SMARTS) is 1. The number of carbonyl (C=O) groups is 1. The van der Waals surface area contributed by atoms with Gasteiger partial charge in [0.05, 0.1) is 7.14 Å². The highest BCUT2D eigenvalue weighted by Gasteiger charge is 2.24. The van der Waals surface area contributed by atoms with Crippen LogP contribution in [0.25, 0.3) is 0 Å². The Bertz CT molecular complexity index is 484. The molecule has 1 rings (SSSR count). The average Bonchev–Trinajstić information content (AvgIpc) is 2.25. The fourth-order valence-electron chi connectivity index (χ4n) is 1.37. The molecule has 0 aliphatic rings. The molecule has 6 nitrogen and oxygen atoms in total. The van der Waals surface area contributed by atoms with Crippen LogP contribution in [-0.4, -0.2) is 28.2 Å². The van der Waals surface area contributed by atoms with Crippen LogP contribution in [0.1, 0.15) is 6.92 Å². The van der Waals surface area contributed by atoms with Gasteiger partial charge in [-0.3, -0.25) is 10.3 Å². The van der Waals surface area contributed by atoms with Gasteiger partial charge in [0.25, 0.3) is 0 Å². The monoisotopic (exact) mass is 475 g/mol. The molecule has 0 aromatic heterocycles. The van der Waals surface area contributed by atoms with Gasteiger partial charge < -0.3 is 15.9 Å². The smallest absolute Gasteiger partial charge is 0.326 e. The van der Waals surface area contributed by atoms with Crippen molar-refractivity contribution in [2.24, 2.45) is 5.73 Å². The van der Waals surface area contributed by atoms with Crippen molar-refractivity contribution in [3.63, 3.8) is 0 Å². The molecule has 0 spiro atoms. The van der Waals surface area contributed by atoms with Crippen LogP contribution in [0.15, 0.2) is 12.1 Å². The predicted molar refractivity (Wildman–Crippen MR) is 85.0 cm³/mol. The minimum atomic E-state index is -1.08. The Morgan fingerprint density at radius 3 is 2.22 bits per heavy atom. The molecular formula is C10H11I2N3O3. The predicted octanol–water partition coefficient (Wildman–Crippen LogP) is 1.77. The van der Waals surface area contributed by atoms with Crippen LogP contribution in [0.4, 0.5) is 5.69 Å². The van der Waals surface area contributed by atoms with E-state index in [0.29, 0.717) is 12.8 Å². The number of rotatable bonds is 3. The second kappa shape index (κ2) is 5.91. The Labute approximate surface area is 131 Å². The molecule has 0 saturated carbocycles. The molecule has 0 aliphatic heterocycles. The van der Waals surface area contributed by atoms with E-state index in [9.17, 15) is 9.90 Å². The molecular weight excluding hydrogens is 464 g/mol. The van der Waals surface area contributed by atoms with E-state index in [1.807, 2.05) is 45.2 Å². The number of phenolic OH excluding ortho intramolecular Hbond substituents is 1. The molecule has 0 fully saturated rings. The Hall–Kier alpha value is -0.780. The number of nitrogens with two attached hydrogens (primary N) is 1. The molecule has 0 bridgehead atoms. The number of nitrogens with one attached hydrogen (secondary N) is 1. The molecule has 0 aliphatic carbocycles. The number of anilines is 1. The molecule has 0 heterocycles. The van der Waals surface area contributed by atoms with E-state index in [1.54, 1.807) is 12.1 Å². The van der Waals surface area contributed by atoms with Gasteiger partial charge in [-0.15, -0.1) is 0 Å². The molecule has 1 aromatic carbocycles. The van der Waals surface area contributed by atoms with Crippen LogP contribution in [-0.2, 0) is 4.79 Å². The third-order valence-corrected chi connectivity index (χ3v) is 3.93. The standard InChI is InChI=1S/C10H11I2N3O3/c1-4(9(17)18)15(10(13)14)5-2-6(11)8(16)7(12)3-5/h2-4,16H,1H3,(H3,13,14)(H,17,18). The Balaban J connectivity index is 3.31. The summed E-state index contributed by atoms with van der Waals surface area (Å²) < 4.78 is 1.14. The first kappa shape index (κ1) is 15.3. The van der Waals surface area contributed by atoms with Crippen molar-refractivity contribution in [2.75, 3.05) is 4.90 Å². The van der Waals surface area contributed by atoms with E-state index in [1.165, 1.54) is 11.8 Å². The van der Waals surface area contributed by atoms with Crippen LogP contribution < -0.4 is 10.6 Å². The highest BCUT2D eigenvalue weighted by atomic mass is 127. The lowest BCUT2D eigenvalue weighted by atomic mass is 10.2. The number of benzene rings is 1. The maximum Gasteiger partial charge on any atom is 0.326 e. The summed E-state index contributed by atoms with van der Waals surface area (Å²) in [6, 6.07) is 2.20. The lowest BCUT2D eigenvalue weighted by Gasteiger charge is -2.27. The number of phenols is 1. The van der Waals surface area contributed by atoms with Crippen molar-refractivity contribution in [1.82, 2.24) is 0 Å². The summed E-state index contributed by atoms with van der Waals surface area (Å²) in [5.41, 5.74) is 5.89. The molecule has 0 radical (unpaired) electrons. The molecule has 98 valence electrons. The fraction of sp³-hybridized carbons (Fsp3) is 0.200. The van der Waals surface area contributed by atoms with Crippen molar-refractivity contribution in [2.45, 2.75) is 13.0 Å². The zero-order chi connectivity index (χ0) is 14.0. The molecule has 1 aromatic rings.